The van der Waals surface area contributed by atoms with E-state index in [0.29, 0.717) is 11.3 Å². The maximum Gasteiger partial charge on any atom is 0.314 e. The number of aryl methyl sites for hydroxylation is 1. The third-order valence-electron chi connectivity index (χ3n) is 2.08. The minimum atomic E-state index is -0.591. The molecule has 0 aliphatic carbocycles. The van der Waals surface area contributed by atoms with Gasteiger partial charge in [0.25, 0.3) is 0 Å². The summed E-state index contributed by atoms with van der Waals surface area (Å²) in [5.74, 6) is -0.623. The molecule has 0 saturated carbocycles. The number of carbonyl (C=O) groups excluding carboxylic acids is 1. The van der Waals surface area contributed by atoms with Gasteiger partial charge >= 0.3 is 11.7 Å². The molecule has 0 radical (unpaired) electrons. The molecule has 1 rings (SSSR count). The van der Waals surface area contributed by atoms with Gasteiger partial charge in [-0.2, -0.15) is 0 Å². The summed E-state index contributed by atoms with van der Waals surface area (Å²) in [5, 5.41) is 10.7. The summed E-state index contributed by atoms with van der Waals surface area (Å²) in [6.07, 6.45) is -0.0448. The van der Waals surface area contributed by atoms with Crippen molar-refractivity contribution in [3.8, 4) is 0 Å². The number of pyridine rings is 1. The number of aromatic nitrogens is 1. The van der Waals surface area contributed by atoms with Gasteiger partial charge in [0.15, 0.2) is 0 Å². The van der Waals surface area contributed by atoms with E-state index in [1.165, 1.54) is 6.07 Å². The van der Waals surface area contributed by atoms with Gasteiger partial charge in [-0.3, -0.25) is 14.9 Å². The van der Waals surface area contributed by atoms with Gasteiger partial charge in [0.05, 0.1) is 23.6 Å². The molecule has 2 N–H and O–H groups in total. The smallest absolute Gasteiger partial charge is 0.314 e. The molecule has 0 atom stereocenters. The van der Waals surface area contributed by atoms with E-state index in [9.17, 15) is 14.9 Å². The van der Waals surface area contributed by atoms with Crippen molar-refractivity contribution in [1.82, 2.24) is 4.98 Å². The Morgan fingerprint density at radius 1 is 1.65 bits per heavy atom. The van der Waals surface area contributed by atoms with Crippen molar-refractivity contribution in [1.29, 1.82) is 0 Å². The number of carbonyl (C=O) groups is 1. The van der Waals surface area contributed by atoms with Crippen molar-refractivity contribution in [2.24, 2.45) is 0 Å². The standard InChI is InChI=1S/C10H13N3O4/c1-3-17-8(14)5-7-4-6(2)9(13(15)16)10(11)12-7/h4H,3,5H2,1-2H3,(H2,11,12). The summed E-state index contributed by atoms with van der Waals surface area (Å²) in [5.41, 5.74) is 5.99. The van der Waals surface area contributed by atoms with Crippen LogP contribution in [0.5, 0.6) is 0 Å². The quantitative estimate of drug-likeness (QED) is 0.476. The Morgan fingerprint density at radius 3 is 2.76 bits per heavy atom. The third kappa shape index (κ3) is 3.13. The highest BCUT2D eigenvalue weighted by Gasteiger charge is 2.19. The van der Waals surface area contributed by atoms with Crippen LogP contribution in [0.1, 0.15) is 18.2 Å². The van der Waals surface area contributed by atoms with Crippen molar-refractivity contribution in [3.05, 3.63) is 27.4 Å². The van der Waals surface area contributed by atoms with Gasteiger partial charge in [-0.05, 0) is 19.9 Å². The van der Waals surface area contributed by atoms with E-state index in [1.54, 1.807) is 13.8 Å². The lowest BCUT2D eigenvalue weighted by atomic mass is 10.1. The van der Waals surface area contributed by atoms with Crippen LogP contribution in [0.3, 0.4) is 0 Å². The van der Waals surface area contributed by atoms with Gasteiger partial charge in [0.2, 0.25) is 5.82 Å². The van der Waals surface area contributed by atoms with E-state index >= 15 is 0 Å². The van der Waals surface area contributed by atoms with Crippen molar-refractivity contribution in [3.63, 3.8) is 0 Å². The number of hydrogen-bond donors (Lipinski definition) is 1. The van der Waals surface area contributed by atoms with Crippen LogP contribution in [-0.2, 0) is 16.0 Å². The Hall–Kier alpha value is -2.18. The van der Waals surface area contributed by atoms with Crippen molar-refractivity contribution in [2.75, 3.05) is 12.3 Å². The molecule has 92 valence electrons. The molecule has 1 heterocycles. The fraction of sp³-hybridized carbons (Fsp3) is 0.400. The second kappa shape index (κ2) is 5.24. The highest BCUT2D eigenvalue weighted by atomic mass is 16.6. The normalized spacial score (nSPS) is 10.0. The van der Waals surface area contributed by atoms with Crippen LogP contribution in [0.15, 0.2) is 6.07 Å². The number of ether oxygens (including phenoxy) is 1. The predicted molar refractivity (Wildman–Crippen MR) is 60.4 cm³/mol. The molecular formula is C10H13N3O4. The van der Waals surface area contributed by atoms with E-state index in [0.717, 1.165) is 0 Å². The van der Waals surface area contributed by atoms with Crippen molar-refractivity contribution < 1.29 is 14.5 Å². The summed E-state index contributed by atoms with van der Waals surface area (Å²) >= 11 is 0. The van der Waals surface area contributed by atoms with Crippen LogP contribution < -0.4 is 5.73 Å². The van der Waals surface area contributed by atoms with Crippen LogP contribution in [0.2, 0.25) is 0 Å². The highest BCUT2D eigenvalue weighted by molar-refractivity contribution is 5.72. The molecule has 0 unspecified atom stereocenters. The molecule has 0 aromatic carbocycles. The van der Waals surface area contributed by atoms with Crippen molar-refractivity contribution in [2.45, 2.75) is 20.3 Å². The Labute approximate surface area is 97.7 Å². The fourth-order valence-electron chi connectivity index (χ4n) is 1.45. The first-order valence-corrected chi connectivity index (χ1v) is 5.01. The molecule has 17 heavy (non-hydrogen) atoms. The lowest BCUT2D eigenvalue weighted by molar-refractivity contribution is -0.384. The number of nitrogens with zero attached hydrogens (tertiary/aromatic N) is 2. The van der Waals surface area contributed by atoms with Crippen LogP contribution in [0.25, 0.3) is 0 Å². The molecular weight excluding hydrogens is 226 g/mol. The maximum atomic E-state index is 11.2. The topological polar surface area (TPSA) is 108 Å². The molecule has 0 aliphatic heterocycles. The molecule has 0 amide bonds. The van der Waals surface area contributed by atoms with Gasteiger partial charge in [-0.1, -0.05) is 0 Å². The number of anilines is 1. The van der Waals surface area contributed by atoms with Crippen molar-refractivity contribution >= 4 is 17.5 Å². The monoisotopic (exact) mass is 239 g/mol. The number of nitro groups is 1. The van der Waals surface area contributed by atoms with Crippen LogP contribution in [0.4, 0.5) is 11.5 Å². The molecule has 0 saturated heterocycles. The molecule has 0 fully saturated rings. The predicted octanol–water partition coefficient (Wildman–Crippen LogP) is 0.986. The summed E-state index contributed by atoms with van der Waals surface area (Å²) < 4.78 is 4.75. The Kier molecular flexibility index (Phi) is 3.97. The molecule has 1 aromatic rings. The van der Waals surface area contributed by atoms with Gasteiger partial charge in [-0.15, -0.1) is 0 Å². The zero-order valence-corrected chi connectivity index (χ0v) is 9.60. The summed E-state index contributed by atoms with van der Waals surface area (Å²) in [4.78, 5) is 25.1. The number of nitrogen functional groups attached to an aromatic ring is 1. The molecule has 0 aliphatic rings. The maximum absolute atomic E-state index is 11.2. The Morgan fingerprint density at radius 2 is 2.29 bits per heavy atom. The summed E-state index contributed by atoms with van der Waals surface area (Å²) in [6, 6.07) is 1.46. The van der Waals surface area contributed by atoms with Crippen LogP contribution in [0, 0.1) is 17.0 Å². The Bertz CT molecular complexity index is 436. The summed E-state index contributed by atoms with van der Waals surface area (Å²) in [7, 11) is 0. The number of hydrogen-bond acceptors (Lipinski definition) is 6. The number of nitrogens with two attached hydrogens (primary N) is 1. The Balaban J connectivity index is 2.98. The average Bonchev–Trinajstić information content (AvgIpc) is 2.15. The van der Waals surface area contributed by atoms with E-state index < -0.39 is 10.9 Å². The second-order valence-electron chi connectivity index (χ2n) is 3.40. The molecule has 0 spiro atoms. The van der Waals surface area contributed by atoms with Crippen LogP contribution >= 0.6 is 0 Å². The van der Waals surface area contributed by atoms with E-state index in [-0.39, 0.29) is 24.5 Å². The average molecular weight is 239 g/mol. The molecule has 7 nitrogen and oxygen atoms in total. The number of esters is 1. The van der Waals surface area contributed by atoms with E-state index in [1.807, 2.05) is 0 Å². The summed E-state index contributed by atoms with van der Waals surface area (Å²) in [6.45, 7) is 3.52. The van der Waals surface area contributed by atoms with Gasteiger partial charge < -0.3 is 10.5 Å². The first-order chi connectivity index (χ1) is 7.95. The molecule has 0 bridgehead atoms. The minimum absolute atomic E-state index is 0.0448. The van der Waals surface area contributed by atoms with Crippen LogP contribution in [-0.4, -0.2) is 22.5 Å². The van der Waals surface area contributed by atoms with E-state index in [2.05, 4.69) is 4.98 Å². The first kappa shape index (κ1) is 12.9. The minimum Gasteiger partial charge on any atom is -0.466 e. The lowest BCUT2D eigenvalue weighted by Gasteiger charge is -2.05. The van der Waals surface area contributed by atoms with Gasteiger partial charge in [0.1, 0.15) is 0 Å². The third-order valence-corrected chi connectivity index (χ3v) is 2.08. The van der Waals surface area contributed by atoms with Gasteiger partial charge in [0, 0.05) is 5.56 Å². The number of rotatable bonds is 4. The highest BCUT2D eigenvalue weighted by Crippen LogP contribution is 2.24. The largest absolute Gasteiger partial charge is 0.466 e. The zero-order chi connectivity index (χ0) is 13.0. The fourth-order valence-corrected chi connectivity index (χ4v) is 1.45. The molecule has 1 aromatic heterocycles. The molecule has 7 heteroatoms. The van der Waals surface area contributed by atoms with Gasteiger partial charge in [-0.25, -0.2) is 4.98 Å². The lowest BCUT2D eigenvalue weighted by Crippen LogP contribution is -2.11. The van der Waals surface area contributed by atoms with E-state index in [4.69, 9.17) is 10.5 Å². The first-order valence-electron chi connectivity index (χ1n) is 5.01. The SMILES string of the molecule is CCOC(=O)Cc1cc(C)c([N+](=O)[O-])c(N)n1. The second-order valence-corrected chi connectivity index (χ2v) is 3.40. The zero-order valence-electron chi connectivity index (χ0n) is 9.60.